The highest BCUT2D eigenvalue weighted by Crippen LogP contribution is 2.34. The molecule has 1 heterocycles. The molecule has 1 saturated heterocycles. The molecule has 0 aliphatic carbocycles. The van der Waals surface area contributed by atoms with E-state index in [0.29, 0.717) is 10.7 Å². The van der Waals surface area contributed by atoms with Crippen molar-refractivity contribution in [1.29, 1.82) is 0 Å². The molecule has 1 unspecified atom stereocenters. The maximum atomic E-state index is 12.6. The third-order valence-electron chi connectivity index (χ3n) is 3.78. The first kappa shape index (κ1) is 18.3. The monoisotopic (exact) mass is 390 g/mol. The summed E-state index contributed by atoms with van der Waals surface area (Å²) in [4.78, 5) is 38.1. The molecular weight excluding hydrogens is 376 g/mol. The van der Waals surface area contributed by atoms with Crippen molar-refractivity contribution in [1.82, 2.24) is 0 Å². The lowest BCUT2D eigenvalue weighted by Crippen LogP contribution is -2.33. The number of anilines is 2. The van der Waals surface area contributed by atoms with E-state index in [2.05, 4.69) is 5.32 Å². The van der Waals surface area contributed by atoms with Crippen LogP contribution in [-0.2, 0) is 9.59 Å². The van der Waals surface area contributed by atoms with Gasteiger partial charge in [-0.05, 0) is 54.6 Å². The van der Waals surface area contributed by atoms with Crippen LogP contribution in [-0.4, -0.2) is 27.4 Å². The van der Waals surface area contributed by atoms with E-state index in [1.54, 1.807) is 18.2 Å². The average Bonchev–Trinajstić information content (AvgIpc) is 2.84. The molecule has 134 valence electrons. The van der Waals surface area contributed by atoms with Gasteiger partial charge in [0, 0.05) is 11.4 Å². The lowest BCUT2D eigenvalue weighted by molar-refractivity contribution is -0.121. The van der Waals surface area contributed by atoms with Gasteiger partial charge in [-0.15, -0.1) is 0 Å². The molecule has 2 aromatic rings. The van der Waals surface area contributed by atoms with Gasteiger partial charge in [0.25, 0.3) is 5.24 Å². The van der Waals surface area contributed by atoms with Gasteiger partial charge in [0.05, 0.1) is 11.4 Å². The third kappa shape index (κ3) is 3.84. The molecule has 0 spiro atoms. The van der Waals surface area contributed by atoms with Crippen molar-refractivity contribution in [3.63, 3.8) is 0 Å². The van der Waals surface area contributed by atoms with Gasteiger partial charge in [-0.2, -0.15) is 0 Å². The van der Waals surface area contributed by atoms with Crippen LogP contribution in [0.2, 0.25) is 5.02 Å². The Morgan fingerprint density at radius 2 is 2.04 bits per heavy atom. The van der Waals surface area contributed by atoms with E-state index in [1.807, 2.05) is 13.0 Å². The number of nitrogens with one attached hydrogen (secondary N) is 1. The summed E-state index contributed by atoms with van der Waals surface area (Å²) >= 11 is 6.66. The predicted octanol–water partition coefficient (Wildman–Crippen LogP) is 3.95. The van der Waals surface area contributed by atoms with Crippen LogP contribution in [0.1, 0.15) is 12.0 Å². The molecule has 3 amide bonds. The number of thioether (sulfide) groups is 1. The molecule has 1 fully saturated rings. The first-order valence-corrected chi connectivity index (χ1v) is 9.00. The van der Waals surface area contributed by atoms with Crippen molar-refractivity contribution in [3.8, 4) is 5.75 Å². The summed E-state index contributed by atoms with van der Waals surface area (Å²) in [7, 11) is 0. The number of aryl methyl sites for hydroxylation is 1. The lowest BCUT2D eigenvalue weighted by atomic mass is 10.2. The molecule has 26 heavy (non-hydrogen) atoms. The van der Waals surface area contributed by atoms with Gasteiger partial charge in [0.15, 0.2) is 0 Å². The Labute approximate surface area is 159 Å². The number of aromatic hydroxyl groups is 1. The van der Waals surface area contributed by atoms with Gasteiger partial charge < -0.3 is 10.4 Å². The van der Waals surface area contributed by atoms with Crippen molar-refractivity contribution in [2.24, 2.45) is 0 Å². The molecule has 0 saturated carbocycles. The minimum Gasteiger partial charge on any atom is -0.506 e. The first-order chi connectivity index (χ1) is 12.3. The molecule has 0 radical (unpaired) electrons. The molecule has 3 rings (SSSR count). The van der Waals surface area contributed by atoms with Gasteiger partial charge in [-0.25, -0.2) is 4.90 Å². The number of amides is 3. The summed E-state index contributed by atoms with van der Waals surface area (Å²) in [6.07, 6.45) is -0.191. The van der Waals surface area contributed by atoms with E-state index in [-0.39, 0.29) is 17.9 Å². The van der Waals surface area contributed by atoms with Crippen molar-refractivity contribution in [2.75, 3.05) is 10.2 Å². The Bertz CT molecular complexity index is 903. The highest BCUT2D eigenvalue weighted by molar-refractivity contribution is 8.15. The summed E-state index contributed by atoms with van der Waals surface area (Å²) in [5.74, 6) is -1.06. The van der Waals surface area contributed by atoms with Crippen molar-refractivity contribution >= 4 is 51.8 Å². The Hall–Kier alpha value is -2.51. The van der Waals surface area contributed by atoms with E-state index in [9.17, 15) is 19.5 Å². The van der Waals surface area contributed by atoms with E-state index < -0.39 is 22.3 Å². The van der Waals surface area contributed by atoms with Crippen molar-refractivity contribution in [3.05, 3.63) is 53.1 Å². The smallest absolute Gasteiger partial charge is 0.293 e. The summed E-state index contributed by atoms with van der Waals surface area (Å²) in [6.45, 7) is 1.87. The maximum absolute atomic E-state index is 12.6. The van der Waals surface area contributed by atoms with Gasteiger partial charge in [0.1, 0.15) is 11.0 Å². The Kier molecular flexibility index (Phi) is 5.20. The molecule has 0 bridgehead atoms. The highest BCUT2D eigenvalue weighted by Gasteiger charge is 2.41. The van der Waals surface area contributed by atoms with E-state index in [0.717, 1.165) is 22.2 Å². The number of carbonyl (C=O) groups excluding carboxylic acids is 3. The van der Waals surface area contributed by atoms with Crippen LogP contribution in [0.3, 0.4) is 0 Å². The maximum Gasteiger partial charge on any atom is 0.293 e. The molecule has 0 aromatic heterocycles. The van der Waals surface area contributed by atoms with E-state index >= 15 is 0 Å². The van der Waals surface area contributed by atoms with Crippen LogP contribution >= 0.6 is 23.4 Å². The molecule has 1 atom stereocenters. The average molecular weight is 391 g/mol. The first-order valence-electron chi connectivity index (χ1n) is 7.75. The molecule has 6 nitrogen and oxygen atoms in total. The third-order valence-corrected chi connectivity index (χ3v) is 5.06. The second kappa shape index (κ2) is 7.39. The molecule has 1 aliphatic heterocycles. The molecule has 8 heteroatoms. The largest absolute Gasteiger partial charge is 0.506 e. The van der Waals surface area contributed by atoms with Crippen LogP contribution in [0.5, 0.6) is 5.75 Å². The zero-order valence-corrected chi connectivity index (χ0v) is 15.3. The van der Waals surface area contributed by atoms with E-state index in [1.165, 1.54) is 18.2 Å². The van der Waals surface area contributed by atoms with Crippen LogP contribution in [0.25, 0.3) is 0 Å². The minimum absolute atomic E-state index is 0.134. The van der Waals surface area contributed by atoms with Crippen LogP contribution < -0.4 is 10.2 Å². The standard InChI is InChI=1S/C18H15ClN2O4S/c1-10-3-2-4-12(7-10)21-17(24)15(26-18(21)25)9-16(23)20-13-8-11(19)5-6-14(13)22/h2-8,15,22H,9H2,1H3,(H,20,23). The molecule has 2 aromatic carbocycles. The highest BCUT2D eigenvalue weighted by atomic mass is 35.5. The number of halogens is 1. The number of hydrogen-bond acceptors (Lipinski definition) is 5. The number of phenolic OH excluding ortho intramolecular Hbond substituents is 1. The molecule has 2 N–H and O–H groups in total. The fraction of sp³-hybridized carbons (Fsp3) is 0.167. The van der Waals surface area contributed by atoms with Gasteiger partial charge >= 0.3 is 0 Å². The van der Waals surface area contributed by atoms with E-state index in [4.69, 9.17) is 11.6 Å². The number of carbonyl (C=O) groups is 3. The number of benzene rings is 2. The molecular formula is C18H15ClN2O4S. The Morgan fingerprint density at radius 3 is 2.77 bits per heavy atom. The quantitative estimate of drug-likeness (QED) is 0.772. The van der Waals surface area contributed by atoms with Gasteiger partial charge in [-0.1, -0.05) is 23.7 Å². The Balaban J connectivity index is 1.71. The number of phenols is 1. The number of nitrogens with zero attached hydrogens (tertiary/aromatic N) is 1. The second-order valence-corrected chi connectivity index (χ2v) is 7.39. The molecule has 1 aliphatic rings. The summed E-state index contributed by atoms with van der Waals surface area (Å²) in [6, 6.07) is 11.3. The van der Waals surface area contributed by atoms with Crippen molar-refractivity contribution < 1.29 is 19.5 Å². The SMILES string of the molecule is Cc1cccc(N2C(=O)SC(CC(=O)Nc3cc(Cl)ccc3O)C2=O)c1. The van der Waals surface area contributed by atoms with Crippen LogP contribution in [0.4, 0.5) is 16.2 Å². The van der Waals surface area contributed by atoms with Gasteiger partial charge in [0.2, 0.25) is 11.8 Å². The fourth-order valence-corrected chi connectivity index (χ4v) is 3.72. The normalized spacial score (nSPS) is 16.8. The zero-order chi connectivity index (χ0) is 18.8. The summed E-state index contributed by atoms with van der Waals surface area (Å²) in [5, 5.41) is 11.4. The van der Waals surface area contributed by atoms with Crippen LogP contribution in [0, 0.1) is 6.92 Å². The number of hydrogen-bond donors (Lipinski definition) is 2. The number of imide groups is 1. The topological polar surface area (TPSA) is 86.7 Å². The lowest BCUT2D eigenvalue weighted by Gasteiger charge is -2.14. The predicted molar refractivity (Wildman–Crippen MR) is 102 cm³/mol. The zero-order valence-electron chi connectivity index (χ0n) is 13.7. The van der Waals surface area contributed by atoms with Crippen molar-refractivity contribution in [2.45, 2.75) is 18.6 Å². The number of rotatable bonds is 4. The van der Waals surface area contributed by atoms with Crippen LogP contribution in [0.15, 0.2) is 42.5 Å². The Morgan fingerprint density at radius 1 is 1.27 bits per heavy atom. The summed E-state index contributed by atoms with van der Waals surface area (Å²) < 4.78 is 0. The minimum atomic E-state index is -0.815. The summed E-state index contributed by atoms with van der Waals surface area (Å²) in [5.41, 5.74) is 1.56. The fourth-order valence-electron chi connectivity index (χ4n) is 2.57. The van der Waals surface area contributed by atoms with Gasteiger partial charge in [-0.3, -0.25) is 14.4 Å². The second-order valence-electron chi connectivity index (χ2n) is 5.80.